The third-order valence-electron chi connectivity index (χ3n) is 6.09. The van der Waals surface area contributed by atoms with Gasteiger partial charge in [-0.25, -0.2) is 10.4 Å². The largest absolute Gasteiger partial charge is 0.298 e. The Hall–Kier alpha value is -0.270. The predicted octanol–water partition coefficient (Wildman–Crippen LogP) is 3.59. The first-order chi connectivity index (χ1) is 11.6. The molecule has 2 aliphatic carbocycles. The maximum Gasteiger partial charge on any atom is 0.154 e. The number of rotatable bonds is 4. The molecule has 0 aromatic rings. The number of hydrazine groups is 1. The molecule has 2 saturated carbocycles. The van der Waals surface area contributed by atoms with Crippen LogP contribution in [0.1, 0.15) is 51.4 Å². The number of nitrogens with zero attached hydrogens (tertiary/aromatic N) is 1. The lowest BCUT2D eigenvalue weighted by Gasteiger charge is -2.34. The third kappa shape index (κ3) is 4.28. The van der Waals surface area contributed by atoms with Crippen molar-refractivity contribution in [3.05, 3.63) is 0 Å². The molecule has 3 fully saturated rings. The molecule has 4 unspecified atom stereocenters. The number of hydrogen-bond acceptors (Lipinski definition) is 3. The Balaban J connectivity index is 1.69. The zero-order valence-corrected chi connectivity index (χ0v) is 15.7. The first-order valence-electron chi connectivity index (χ1n) is 9.35. The summed E-state index contributed by atoms with van der Waals surface area (Å²) in [5.74, 6) is 4.08. The number of nitrogens with one attached hydrogen (secondary N) is 1. The average Bonchev–Trinajstić information content (AvgIpc) is 2.99. The van der Waals surface area contributed by atoms with Gasteiger partial charge in [0.2, 0.25) is 0 Å². The summed E-state index contributed by atoms with van der Waals surface area (Å²) >= 11 is 12.6. The minimum atomic E-state index is -0.0952. The molecule has 5 heteroatoms. The van der Waals surface area contributed by atoms with E-state index in [0.29, 0.717) is 24.2 Å². The van der Waals surface area contributed by atoms with Crippen molar-refractivity contribution >= 4 is 29.0 Å². The van der Waals surface area contributed by atoms with Crippen LogP contribution < -0.4 is 5.43 Å². The van der Waals surface area contributed by atoms with Gasteiger partial charge in [0.05, 0.1) is 12.6 Å². The van der Waals surface area contributed by atoms with Gasteiger partial charge in [0, 0.05) is 23.2 Å². The Kier molecular flexibility index (Phi) is 6.49. The highest BCUT2D eigenvalue weighted by Gasteiger charge is 2.44. The average molecular weight is 371 g/mol. The summed E-state index contributed by atoms with van der Waals surface area (Å²) in [6.45, 7) is 1.41. The Labute approximate surface area is 155 Å². The molecule has 3 nitrogen and oxygen atoms in total. The molecular weight excluding hydrogens is 343 g/mol. The fourth-order valence-electron chi connectivity index (χ4n) is 4.77. The summed E-state index contributed by atoms with van der Waals surface area (Å²) in [4.78, 5) is 13.2. The molecule has 1 heterocycles. The monoisotopic (exact) mass is 370 g/mol. The molecular formula is C19H28Cl2N2O. The maximum atomic E-state index is 13.2. The second-order valence-corrected chi connectivity index (χ2v) is 8.96. The molecule has 1 aliphatic heterocycles. The Morgan fingerprint density at radius 1 is 1.12 bits per heavy atom. The summed E-state index contributed by atoms with van der Waals surface area (Å²) in [5.41, 5.74) is 3.43. The van der Waals surface area contributed by atoms with Crippen LogP contribution in [-0.2, 0) is 4.79 Å². The van der Waals surface area contributed by atoms with Crippen LogP contribution in [0.5, 0.6) is 0 Å². The topological polar surface area (TPSA) is 32.3 Å². The summed E-state index contributed by atoms with van der Waals surface area (Å²) in [6.07, 6.45) is 13.7. The van der Waals surface area contributed by atoms with Crippen molar-refractivity contribution in [2.45, 2.75) is 68.2 Å². The number of halogens is 2. The van der Waals surface area contributed by atoms with E-state index in [1.165, 1.54) is 12.8 Å². The molecule has 0 radical (unpaired) electrons. The molecule has 1 saturated heterocycles. The summed E-state index contributed by atoms with van der Waals surface area (Å²) in [5, 5.41) is 2.56. The SMILES string of the molecule is C#CCN1CC(C2CCCC(Cl)C2)C(C(=O)C2CCC(Cl)CC2)N1. The van der Waals surface area contributed by atoms with Crippen LogP contribution in [0.3, 0.4) is 0 Å². The van der Waals surface area contributed by atoms with E-state index in [1.807, 2.05) is 0 Å². The molecule has 3 rings (SSSR count). The molecule has 0 aromatic carbocycles. The lowest BCUT2D eigenvalue weighted by molar-refractivity contribution is -0.127. The minimum absolute atomic E-state index is 0.0952. The van der Waals surface area contributed by atoms with Crippen LogP contribution in [0.2, 0.25) is 0 Å². The highest BCUT2D eigenvalue weighted by molar-refractivity contribution is 6.20. The van der Waals surface area contributed by atoms with E-state index in [2.05, 4.69) is 16.4 Å². The van der Waals surface area contributed by atoms with Crippen molar-refractivity contribution in [1.82, 2.24) is 10.4 Å². The van der Waals surface area contributed by atoms with Gasteiger partial charge in [-0.1, -0.05) is 12.3 Å². The van der Waals surface area contributed by atoms with E-state index >= 15 is 0 Å². The van der Waals surface area contributed by atoms with Gasteiger partial charge in [0.25, 0.3) is 0 Å². The van der Waals surface area contributed by atoms with Gasteiger partial charge in [0.15, 0.2) is 5.78 Å². The molecule has 0 bridgehead atoms. The van der Waals surface area contributed by atoms with E-state index in [-0.39, 0.29) is 22.7 Å². The molecule has 0 amide bonds. The van der Waals surface area contributed by atoms with Crippen LogP contribution >= 0.6 is 23.2 Å². The number of Topliss-reactive ketones (excluding diaryl/α,β-unsaturated/α-hetero) is 1. The normalized spacial score (nSPS) is 41.0. The fourth-order valence-corrected chi connectivity index (χ4v) is 5.40. The zero-order valence-electron chi connectivity index (χ0n) is 14.2. The van der Waals surface area contributed by atoms with Crippen molar-refractivity contribution in [2.24, 2.45) is 17.8 Å². The van der Waals surface area contributed by atoms with Crippen molar-refractivity contribution < 1.29 is 4.79 Å². The molecule has 4 atom stereocenters. The summed E-state index contributed by atoms with van der Waals surface area (Å²) in [6, 6.07) is -0.0952. The lowest BCUT2D eigenvalue weighted by atomic mass is 9.73. The first-order valence-corrected chi connectivity index (χ1v) is 10.2. The second-order valence-electron chi connectivity index (χ2n) is 7.73. The van der Waals surface area contributed by atoms with Crippen molar-refractivity contribution in [1.29, 1.82) is 0 Å². The van der Waals surface area contributed by atoms with E-state index in [9.17, 15) is 4.79 Å². The molecule has 1 N–H and O–H groups in total. The van der Waals surface area contributed by atoms with Crippen LogP contribution in [0.4, 0.5) is 0 Å². The number of alkyl halides is 2. The standard InChI is InChI=1S/C19H28Cl2N2O/c1-2-10-23-12-17(14-4-3-5-16(21)11-14)18(22-23)19(24)13-6-8-15(20)9-7-13/h1,13-18,22H,3-12H2. The minimum Gasteiger partial charge on any atom is -0.298 e. The lowest BCUT2D eigenvalue weighted by Crippen LogP contribution is -2.46. The zero-order chi connectivity index (χ0) is 17.1. The first kappa shape index (κ1) is 18.5. The van der Waals surface area contributed by atoms with Gasteiger partial charge < -0.3 is 0 Å². The van der Waals surface area contributed by atoms with Crippen LogP contribution in [-0.4, -0.2) is 40.7 Å². The highest BCUT2D eigenvalue weighted by Crippen LogP contribution is 2.38. The van der Waals surface area contributed by atoms with Crippen molar-refractivity contribution in [3.63, 3.8) is 0 Å². The van der Waals surface area contributed by atoms with Gasteiger partial charge in [-0.2, -0.15) is 0 Å². The van der Waals surface area contributed by atoms with Gasteiger partial charge >= 0.3 is 0 Å². The number of carbonyl (C=O) groups is 1. The Morgan fingerprint density at radius 3 is 2.54 bits per heavy atom. The van der Waals surface area contributed by atoms with E-state index in [1.54, 1.807) is 0 Å². The third-order valence-corrected chi connectivity index (χ3v) is 6.92. The molecule has 134 valence electrons. The summed E-state index contributed by atoms with van der Waals surface area (Å²) < 4.78 is 0. The van der Waals surface area contributed by atoms with Crippen molar-refractivity contribution in [3.8, 4) is 12.3 Å². The van der Waals surface area contributed by atoms with E-state index in [4.69, 9.17) is 29.6 Å². The number of carbonyl (C=O) groups excluding carboxylic acids is 1. The van der Waals surface area contributed by atoms with E-state index in [0.717, 1.165) is 45.1 Å². The van der Waals surface area contributed by atoms with Crippen molar-refractivity contribution in [2.75, 3.05) is 13.1 Å². The summed E-state index contributed by atoms with van der Waals surface area (Å²) in [7, 11) is 0. The predicted molar refractivity (Wildman–Crippen MR) is 99.0 cm³/mol. The maximum absolute atomic E-state index is 13.2. The Morgan fingerprint density at radius 2 is 1.88 bits per heavy atom. The van der Waals surface area contributed by atoms with Gasteiger partial charge in [-0.3, -0.25) is 4.79 Å². The molecule has 0 spiro atoms. The van der Waals surface area contributed by atoms with Crippen LogP contribution in [0, 0.1) is 30.1 Å². The quantitative estimate of drug-likeness (QED) is 0.606. The Bertz CT molecular complexity index is 484. The second kappa shape index (κ2) is 8.41. The van der Waals surface area contributed by atoms with Crippen LogP contribution in [0.25, 0.3) is 0 Å². The van der Waals surface area contributed by atoms with Gasteiger partial charge in [-0.15, -0.1) is 29.6 Å². The molecule has 0 aromatic heterocycles. The van der Waals surface area contributed by atoms with Gasteiger partial charge in [0.1, 0.15) is 0 Å². The van der Waals surface area contributed by atoms with Gasteiger partial charge in [-0.05, 0) is 56.8 Å². The molecule has 24 heavy (non-hydrogen) atoms. The smallest absolute Gasteiger partial charge is 0.154 e. The van der Waals surface area contributed by atoms with E-state index < -0.39 is 0 Å². The van der Waals surface area contributed by atoms with Crippen LogP contribution in [0.15, 0.2) is 0 Å². The number of terminal acetylenes is 1. The molecule has 3 aliphatic rings. The number of hydrogen-bond donors (Lipinski definition) is 1. The highest BCUT2D eigenvalue weighted by atomic mass is 35.5. The fraction of sp³-hybridized carbons (Fsp3) is 0.842. The number of ketones is 1.